The molecule has 3 heterocycles. The largest absolute Gasteiger partial charge is 0.497 e. The molecule has 0 radical (unpaired) electrons. The number of methoxy groups -OCH3 is 1. The average Bonchev–Trinajstić information content (AvgIpc) is 2.89. The normalized spacial score (nSPS) is 20.3. The molecule has 0 bridgehead atoms. The maximum absolute atomic E-state index is 13.3. The zero-order valence-electron chi connectivity index (χ0n) is 18.9. The SMILES string of the molecule is COc1ccc(C(=O)N2CCN(C(=O)c3cccnc3)C[C@@H]2C(=O)N[C@@H]2CCCNC2=O)cc1. The molecule has 34 heavy (non-hydrogen) atoms. The van der Waals surface area contributed by atoms with Crippen molar-refractivity contribution in [2.45, 2.75) is 24.9 Å². The fraction of sp³-hybridized carbons (Fsp3) is 0.375. The highest BCUT2D eigenvalue weighted by Gasteiger charge is 2.39. The Hall–Kier alpha value is -3.95. The van der Waals surface area contributed by atoms with Crippen LogP contribution in [0.3, 0.4) is 0 Å². The van der Waals surface area contributed by atoms with Crippen molar-refractivity contribution in [1.82, 2.24) is 25.4 Å². The van der Waals surface area contributed by atoms with Crippen LogP contribution in [-0.2, 0) is 9.59 Å². The summed E-state index contributed by atoms with van der Waals surface area (Å²) in [4.78, 5) is 58.8. The second kappa shape index (κ2) is 10.3. The minimum absolute atomic E-state index is 0.00972. The van der Waals surface area contributed by atoms with Crippen LogP contribution < -0.4 is 15.4 Å². The average molecular weight is 466 g/mol. The van der Waals surface area contributed by atoms with E-state index >= 15 is 0 Å². The number of carbonyl (C=O) groups is 4. The van der Waals surface area contributed by atoms with E-state index < -0.39 is 18.0 Å². The number of aromatic nitrogens is 1. The maximum atomic E-state index is 13.3. The van der Waals surface area contributed by atoms with Gasteiger partial charge in [0.2, 0.25) is 11.8 Å². The van der Waals surface area contributed by atoms with E-state index in [1.165, 1.54) is 18.2 Å². The summed E-state index contributed by atoms with van der Waals surface area (Å²) in [7, 11) is 1.54. The van der Waals surface area contributed by atoms with Gasteiger partial charge in [-0.3, -0.25) is 24.2 Å². The van der Waals surface area contributed by atoms with Gasteiger partial charge in [0.1, 0.15) is 17.8 Å². The highest BCUT2D eigenvalue weighted by atomic mass is 16.5. The zero-order valence-corrected chi connectivity index (χ0v) is 18.9. The van der Waals surface area contributed by atoms with E-state index in [9.17, 15) is 19.2 Å². The van der Waals surface area contributed by atoms with Gasteiger partial charge in [0.15, 0.2) is 0 Å². The van der Waals surface area contributed by atoms with E-state index in [0.717, 1.165) is 6.42 Å². The summed E-state index contributed by atoms with van der Waals surface area (Å²) in [6, 6.07) is 8.35. The lowest BCUT2D eigenvalue weighted by atomic mass is 10.0. The first-order valence-corrected chi connectivity index (χ1v) is 11.2. The summed E-state index contributed by atoms with van der Waals surface area (Å²) in [5.74, 6) is -0.692. The Balaban J connectivity index is 1.56. The molecule has 0 saturated carbocycles. The summed E-state index contributed by atoms with van der Waals surface area (Å²) in [5.41, 5.74) is 0.810. The van der Waals surface area contributed by atoms with Gasteiger partial charge in [-0.2, -0.15) is 0 Å². The molecule has 10 nitrogen and oxygen atoms in total. The molecular formula is C24H27N5O5. The maximum Gasteiger partial charge on any atom is 0.255 e. The molecule has 2 aliphatic heterocycles. The van der Waals surface area contributed by atoms with Crippen molar-refractivity contribution in [3.8, 4) is 5.75 Å². The summed E-state index contributed by atoms with van der Waals surface area (Å²) in [6.45, 7) is 1.02. The van der Waals surface area contributed by atoms with Gasteiger partial charge in [-0.05, 0) is 49.2 Å². The standard InChI is InChI=1S/C24H27N5O5/c1-34-18-8-6-16(7-9-18)24(33)29-13-12-28(23(32)17-4-2-10-25-14-17)15-20(29)22(31)27-19-5-3-11-26-21(19)30/h2,4,6-10,14,19-20H,3,5,11-13,15H2,1H3,(H,26,30)(H,27,31)/t19-,20-/m1/s1. The van der Waals surface area contributed by atoms with Crippen molar-refractivity contribution in [3.63, 3.8) is 0 Å². The van der Waals surface area contributed by atoms with Gasteiger partial charge in [-0.1, -0.05) is 0 Å². The van der Waals surface area contributed by atoms with E-state index in [4.69, 9.17) is 4.74 Å². The number of piperidine rings is 1. The van der Waals surface area contributed by atoms with Crippen LogP contribution in [0.2, 0.25) is 0 Å². The molecule has 2 aliphatic rings. The number of carbonyl (C=O) groups excluding carboxylic acids is 4. The number of hydrogen-bond donors (Lipinski definition) is 2. The first-order chi connectivity index (χ1) is 16.5. The summed E-state index contributed by atoms with van der Waals surface area (Å²) in [5, 5.41) is 5.52. The van der Waals surface area contributed by atoms with Gasteiger partial charge in [-0.15, -0.1) is 0 Å². The summed E-state index contributed by atoms with van der Waals surface area (Å²) < 4.78 is 5.15. The number of benzene rings is 1. The number of piperazine rings is 1. The number of rotatable bonds is 5. The number of ether oxygens (including phenoxy) is 1. The van der Waals surface area contributed by atoms with Crippen molar-refractivity contribution < 1.29 is 23.9 Å². The quantitative estimate of drug-likeness (QED) is 0.662. The predicted octanol–water partition coefficient (Wildman–Crippen LogP) is 0.452. The minimum Gasteiger partial charge on any atom is -0.497 e. The van der Waals surface area contributed by atoms with E-state index in [1.54, 1.807) is 47.5 Å². The number of nitrogens with one attached hydrogen (secondary N) is 2. The molecule has 4 amide bonds. The lowest BCUT2D eigenvalue weighted by molar-refractivity contribution is -0.133. The fourth-order valence-corrected chi connectivity index (χ4v) is 4.18. The third-order valence-electron chi connectivity index (χ3n) is 6.08. The Kier molecular flexibility index (Phi) is 7.05. The van der Waals surface area contributed by atoms with Crippen LogP contribution in [0.15, 0.2) is 48.8 Å². The Labute approximate surface area is 197 Å². The molecule has 0 unspecified atom stereocenters. The van der Waals surface area contributed by atoms with Gasteiger partial charge in [0.05, 0.1) is 19.2 Å². The lowest BCUT2D eigenvalue weighted by Crippen LogP contribution is -2.63. The van der Waals surface area contributed by atoms with Crippen molar-refractivity contribution in [1.29, 1.82) is 0 Å². The Bertz CT molecular complexity index is 1060. The number of pyridine rings is 1. The molecule has 1 aromatic carbocycles. The molecule has 0 spiro atoms. The topological polar surface area (TPSA) is 121 Å². The van der Waals surface area contributed by atoms with E-state index in [0.29, 0.717) is 29.8 Å². The third kappa shape index (κ3) is 5.00. The third-order valence-corrected chi connectivity index (χ3v) is 6.08. The van der Waals surface area contributed by atoms with Crippen molar-refractivity contribution >= 4 is 23.6 Å². The van der Waals surface area contributed by atoms with Crippen LogP contribution in [-0.4, -0.2) is 83.8 Å². The molecule has 2 saturated heterocycles. The van der Waals surface area contributed by atoms with Crippen LogP contribution >= 0.6 is 0 Å². The van der Waals surface area contributed by atoms with Crippen LogP contribution in [0.5, 0.6) is 5.75 Å². The van der Waals surface area contributed by atoms with Gasteiger partial charge < -0.3 is 25.2 Å². The molecule has 10 heteroatoms. The molecule has 4 rings (SSSR count). The highest BCUT2D eigenvalue weighted by Crippen LogP contribution is 2.19. The predicted molar refractivity (Wildman–Crippen MR) is 122 cm³/mol. The van der Waals surface area contributed by atoms with Crippen LogP contribution in [0, 0.1) is 0 Å². The summed E-state index contributed by atoms with van der Waals surface area (Å²) in [6.07, 6.45) is 4.32. The minimum atomic E-state index is -0.946. The Morgan fingerprint density at radius 3 is 2.56 bits per heavy atom. The van der Waals surface area contributed by atoms with Gasteiger partial charge in [0.25, 0.3) is 11.8 Å². The highest BCUT2D eigenvalue weighted by molar-refractivity contribution is 6.00. The number of hydrogen-bond acceptors (Lipinski definition) is 6. The van der Waals surface area contributed by atoms with E-state index in [-0.39, 0.29) is 37.4 Å². The van der Waals surface area contributed by atoms with Gasteiger partial charge in [0, 0.05) is 37.6 Å². The second-order valence-corrected chi connectivity index (χ2v) is 8.23. The first-order valence-electron chi connectivity index (χ1n) is 11.2. The molecule has 2 atom stereocenters. The van der Waals surface area contributed by atoms with Crippen LogP contribution in [0.25, 0.3) is 0 Å². The van der Waals surface area contributed by atoms with Crippen molar-refractivity contribution in [2.24, 2.45) is 0 Å². The van der Waals surface area contributed by atoms with Gasteiger partial charge >= 0.3 is 0 Å². The smallest absolute Gasteiger partial charge is 0.255 e. The second-order valence-electron chi connectivity index (χ2n) is 8.23. The van der Waals surface area contributed by atoms with Crippen LogP contribution in [0.4, 0.5) is 0 Å². The molecule has 2 N–H and O–H groups in total. The lowest BCUT2D eigenvalue weighted by Gasteiger charge is -2.41. The van der Waals surface area contributed by atoms with E-state index in [1.807, 2.05) is 0 Å². The molecule has 0 aliphatic carbocycles. The number of nitrogens with zero attached hydrogens (tertiary/aromatic N) is 3. The zero-order chi connectivity index (χ0) is 24.1. The molecule has 178 valence electrons. The van der Waals surface area contributed by atoms with Crippen LogP contribution in [0.1, 0.15) is 33.6 Å². The molecular weight excluding hydrogens is 438 g/mol. The van der Waals surface area contributed by atoms with Crippen molar-refractivity contribution in [2.75, 3.05) is 33.3 Å². The fourth-order valence-electron chi connectivity index (χ4n) is 4.18. The molecule has 2 aromatic rings. The number of amides is 4. The Morgan fingerprint density at radius 2 is 1.88 bits per heavy atom. The Morgan fingerprint density at radius 1 is 1.09 bits per heavy atom. The first kappa shape index (κ1) is 23.2. The van der Waals surface area contributed by atoms with Gasteiger partial charge in [-0.25, -0.2) is 0 Å². The molecule has 1 aromatic heterocycles. The summed E-state index contributed by atoms with van der Waals surface area (Å²) >= 11 is 0. The molecule has 2 fully saturated rings. The monoisotopic (exact) mass is 465 g/mol. The van der Waals surface area contributed by atoms with Crippen molar-refractivity contribution in [3.05, 3.63) is 59.9 Å². The van der Waals surface area contributed by atoms with E-state index in [2.05, 4.69) is 15.6 Å².